The molecule has 1 aliphatic carbocycles. The zero-order chi connectivity index (χ0) is 10.8. The number of hydrogen-bond donors (Lipinski definition) is 0. The van der Waals surface area contributed by atoms with Crippen molar-refractivity contribution in [3.63, 3.8) is 0 Å². The molecule has 77 valence electrons. The van der Waals surface area contributed by atoms with Crippen LogP contribution in [0.5, 0.6) is 0 Å². The van der Waals surface area contributed by atoms with Gasteiger partial charge in [-0.15, -0.1) is 0 Å². The first-order valence-corrected chi connectivity index (χ1v) is 5.45. The maximum absolute atomic E-state index is 2.22. The minimum Gasteiger partial charge on any atom is -0.0730 e. The summed E-state index contributed by atoms with van der Waals surface area (Å²) in [5.41, 5.74) is 5.72. The molecule has 1 aliphatic rings. The molecule has 0 heterocycles. The van der Waals surface area contributed by atoms with Crippen LogP contribution in [0.4, 0.5) is 0 Å². The highest BCUT2D eigenvalue weighted by molar-refractivity contribution is 5.45. The van der Waals surface area contributed by atoms with Crippen LogP contribution in [0, 0.1) is 26.7 Å². The Morgan fingerprint density at radius 1 is 0.867 bits per heavy atom. The van der Waals surface area contributed by atoms with Gasteiger partial charge in [-0.3, -0.25) is 0 Å². The van der Waals surface area contributed by atoms with E-state index in [2.05, 4.69) is 57.2 Å². The molecule has 0 saturated carbocycles. The predicted molar refractivity (Wildman–Crippen MR) is 65.9 cm³/mol. The lowest BCUT2D eigenvalue weighted by Gasteiger charge is -2.14. The lowest BCUT2D eigenvalue weighted by molar-refractivity contribution is 1.04. The van der Waals surface area contributed by atoms with Crippen LogP contribution < -0.4 is 0 Å². The van der Waals surface area contributed by atoms with E-state index >= 15 is 0 Å². The van der Waals surface area contributed by atoms with Gasteiger partial charge in [0.25, 0.3) is 0 Å². The van der Waals surface area contributed by atoms with Crippen molar-refractivity contribution in [3.8, 4) is 0 Å². The summed E-state index contributed by atoms with van der Waals surface area (Å²) in [7, 11) is 0. The van der Waals surface area contributed by atoms with Crippen molar-refractivity contribution >= 4 is 0 Å². The molecule has 0 N–H and O–H groups in total. The Kier molecular flexibility index (Phi) is 2.77. The van der Waals surface area contributed by atoms with Crippen LogP contribution in [-0.4, -0.2) is 0 Å². The second-order valence-electron chi connectivity index (χ2n) is 4.27. The van der Waals surface area contributed by atoms with Crippen molar-refractivity contribution < 1.29 is 0 Å². The predicted octanol–water partition coefficient (Wildman–Crippen LogP) is 3.85. The average molecular weight is 197 g/mol. The standard InChI is InChI=1S/C15H17/c1-11-8-9-12(2)15(13(11)3)10-14-6-4-5-7-14/h4-9H,10H2,1-3H3. The molecule has 0 heteroatoms. The number of rotatable bonds is 2. The monoisotopic (exact) mass is 197 g/mol. The van der Waals surface area contributed by atoms with Crippen molar-refractivity contribution in [2.75, 3.05) is 0 Å². The van der Waals surface area contributed by atoms with Crippen molar-refractivity contribution in [3.05, 3.63) is 64.6 Å². The van der Waals surface area contributed by atoms with Crippen LogP contribution in [0.25, 0.3) is 0 Å². The Morgan fingerprint density at radius 3 is 2.13 bits per heavy atom. The van der Waals surface area contributed by atoms with Gasteiger partial charge in [-0.2, -0.15) is 0 Å². The Hall–Kier alpha value is -1.30. The quantitative estimate of drug-likeness (QED) is 0.675. The van der Waals surface area contributed by atoms with Gasteiger partial charge < -0.3 is 0 Å². The minimum atomic E-state index is 1.06. The lowest BCUT2D eigenvalue weighted by Crippen LogP contribution is -2.00. The second kappa shape index (κ2) is 4.06. The largest absolute Gasteiger partial charge is 0.0730 e. The summed E-state index contributed by atoms with van der Waals surface area (Å²) in [6, 6.07) is 4.43. The molecule has 1 aromatic carbocycles. The Balaban J connectivity index is 2.30. The molecule has 0 aromatic heterocycles. The summed E-state index contributed by atoms with van der Waals surface area (Å²) in [6.45, 7) is 6.61. The van der Waals surface area contributed by atoms with Gasteiger partial charge in [0.2, 0.25) is 0 Å². The van der Waals surface area contributed by atoms with Crippen LogP contribution >= 0.6 is 0 Å². The highest BCUT2D eigenvalue weighted by Crippen LogP contribution is 2.24. The Morgan fingerprint density at radius 2 is 1.47 bits per heavy atom. The van der Waals surface area contributed by atoms with Crippen LogP contribution in [-0.2, 0) is 6.42 Å². The van der Waals surface area contributed by atoms with Gasteiger partial charge in [0.1, 0.15) is 0 Å². The molecule has 0 unspecified atom stereocenters. The molecule has 1 radical (unpaired) electrons. The zero-order valence-corrected chi connectivity index (χ0v) is 9.67. The van der Waals surface area contributed by atoms with E-state index in [1.807, 2.05) is 0 Å². The fraction of sp³-hybridized carbons (Fsp3) is 0.267. The number of benzene rings is 1. The van der Waals surface area contributed by atoms with E-state index in [1.165, 1.54) is 28.2 Å². The molecule has 2 rings (SSSR count). The van der Waals surface area contributed by atoms with E-state index < -0.39 is 0 Å². The van der Waals surface area contributed by atoms with Gasteiger partial charge in [-0.25, -0.2) is 0 Å². The molecule has 0 saturated heterocycles. The smallest absolute Gasteiger partial charge is 0.0237 e. The third-order valence-electron chi connectivity index (χ3n) is 3.22. The number of hydrogen-bond acceptors (Lipinski definition) is 0. The Labute approximate surface area is 92.3 Å². The average Bonchev–Trinajstić information content (AvgIpc) is 2.71. The molecule has 1 aromatic rings. The highest BCUT2D eigenvalue weighted by atomic mass is 14.1. The summed E-state index contributed by atoms with van der Waals surface area (Å²) in [5.74, 6) is 1.41. The van der Waals surface area contributed by atoms with Gasteiger partial charge in [-0.1, -0.05) is 36.4 Å². The van der Waals surface area contributed by atoms with E-state index in [-0.39, 0.29) is 0 Å². The summed E-state index contributed by atoms with van der Waals surface area (Å²) < 4.78 is 0. The first kappa shape index (κ1) is 10.2. The molecule has 0 bridgehead atoms. The normalized spacial score (nSPS) is 15.1. The first-order chi connectivity index (χ1) is 7.18. The molecule has 0 nitrogen and oxygen atoms in total. The van der Waals surface area contributed by atoms with Gasteiger partial charge in [0.05, 0.1) is 0 Å². The molecule has 15 heavy (non-hydrogen) atoms. The molecular formula is C15H17. The van der Waals surface area contributed by atoms with Crippen LogP contribution in [0.15, 0.2) is 36.4 Å². The lowest BCUT2D eigenvalue weighted by atomic mass is 9.91. The van der Waals surface area contributed by atoms with Crippen molar-refractivity contribution in [2.24, 2.45) is 0 Å². The zero-order valence-electron chi connectivity index (χ0n) is 9.67. The van der Waals surface area contributed by atoms with Crippen molar-refractivity contribution in [1.29, 1.82) is 0 Å². The fourth-order valence-corrected chi connectivity index (χ4v) is 2.02. The van der Waals surface area contributed by atoms with E-state index in [9.17, 15) is 0 Å². The van der Waals surface area contributed by atoms with Gasteiger partial charge in [0.15, 0.2) is 0 Å². The third kappa shape index (κ3) is 2.04. The summed E-state index contributed by atoms with van der Waals surface area (Å²) >= 11 is 0. The minimum absolute atomic E-state index is 1.06. The molecular weight excluding hydrogens is 180 g/mol. The number of allylic oxidation sites excluding steroid dienone is 4. The van der Waals surface area contributed by atoms with Crippen molar-refractivity contribution in [1.82, 2.24) is 0 Å². The van der Waals surface area contributed by atoms with Gasteiger partial charge in [0, 0.05) is 5.92 Å². The van der Waals surface area contributed by atoms with Gasteiger partial charge >= 0.3 is 0 Å². The summed E-state index contributed by atoms with van der Waals surface area (Å²) in [5, 5.41) is 0. The fourth-order valence-electron chi connectivity index (χ4n) is 2.02. The van der Waals surface area contributed by atoms with E-state index in [4.69, 9.17) is 0 Å². The maximum Gasteiger partial charge on any atom is 0.0237 e. The SMILES string of the molecule is Cc1ccc(C)c(C[C]2C=CC=C2)c1C. The number of aryl methyl sites for hydroxylation is 2. The first-order valence-electron chi connectivity index (χ1n) is 5.45. The topological polar surface area (TPSA) is 0 Å². The highest BCUT2D eigenvalue weighted by Gasteiger charge is 2.11. The third-order valence-corrected chi connectivity index (χ3v) is 3.22. The van der Waals surface area contributed by atoms with E-state index in [1.54, 1.807) is 0 Å². The molecule has 0 amide bonds. The van der Waals surface area contributed by atoms with E-state index in [0.29, 0.717) is 0 Å². The molecule has 0 atom stereocenters. The molecule has 0 fully saturated rings. The van der Waals surface area contributed by atoms with Crippen LogP contribution in [0.3, 0.4) is 0 Å². The molecule has 0 aliphatic heterocycles. The molecule has 0 spiro atoms. The van der Waals surface area contributed by atoms with Crippen LogP contribution in [0.1, 0.15) is 22.3 Å². The van der Waals surface area contributed by atoms with Crippen molar-refractivity contribution in [2.45, 2.75) is 27.2 Å². The second-order valence-corrected chi connectivity index (χ2v) is 4.27. The summed E-state index contributed by atoms with van der Waals surface area (Å²) in [4.78, 5) is 0. The van der Waals surface area contributed by atoms with E-state index in [0.717, 1.165) is 6.42 Å². The van der Waals surface area contributed by atoms with Crippen LogP contribution in [0.2, 0.25) is 0 Å². The maximum atomic E-state index is 2.22. The summed E-state index contributed by atoms with van der Waals surface area (Å²) in [6.07, 6.45) is 9.67. The Bertz CT molecular complexity index is 410. The van der Waals surface area contributed by atoms with Gasteiger partial charge in [-0.05, 0) is 49.4 Å².